The van der Waals surface area contributed by atoms with Crippen molar-refractivity contribution in [3.8, 4) is 0 Å². The van der Waals surface area contributed by atoms with E-state index in [4.69, 9.17) is 14.2 Å². The molecule has 0 saturated carbocycles. The minimum absolute atomic E-state index is 0.123. The van der Waals surface area contributed by atoms with E-state index in [9.17, 15) is 18.0 Å². The van der Waals surface area contributed by atoms with Crippen LogP contribution in [-0.4, -0.2) is 67.9 Å². The van der Waals surface area contributed by atoms with E-state index in [1.807, 2.05) is 0 Å². The van der Waals surface area contributed by atoms with Gasteiger partial charge in [-0.2, -0.15) is 0 Å². The third kappa shape index (κ3) is 6.89. The number of unbranched alkanes of at least 4 members (excludes halogenated alkanes) is 1. The van der Waals surface area contributed by atoms with Gasteiger partial charge in [0.15, 0.2) is 4.75 Å². The first-order chi connectivity index (χ1) is 14.5. The molecule has 0 amide bonds. The summed E-state index contributed by atoms with van der Waals surface area (Å²) in [7, 11) is -3.87. The molecule has 0 spiro atoms. The fraction of sp³-hybridized carbons (Fsp3) is 0.909. The zero-order valence-corrected chi connectivity index (χ0v) is 20.3. The minimum Gasteiger partial charge on any atom is -0.466 e. The lowest BCUT2D eigenvalue weighted by atomic mass is 9.92. The summed E-state index contributed by atoms with van der Waals surface area (Å²) in [5.74, 6) is -0.391. The number of carbonyl (C=O) groups is 2. The Morgan fingerprint density at radius 1 is 1.10 bits per heavy atom. The first kappa shape index (κ1) is 26.1. The van der Waals surface area contributed by atoms with Crippen molar-refractivity contribution < 1.29 is 32.2 Å². The van der Waals surface area contributed by atoms with Crippen molar-refractivity contribution in [3.05, 3.63) is 0 Å². The summed E-state index contributed by atoms with van der Waals surface area (Å²) in [5, 5.41) is 0. The van der Waals surface area contributed by atoms with Gasteiger partial charge < -0.3 is 14.2 Å². The molecule has 2 aliphatic rings. The zero-order chi connectivity index (χ0) is 23.1. The lowest BCUT2D eigenvalue weighted by molar-refractivity contribution is -0.161. The maximum atomic E-state index is 13.6. The standard InChI is InChI=1S/C22H39NO7S/c1-5-29-19(24)9-7-6-8-18-10-14-23(15-11-18)31(26,27)22(12-16-28-17-13-22)20(25)30-21(2,3)4/h18H,5-17H2,1-4H3. The van der Waals surface area contributed by atoms with Crippen molar-refractivity contribution >= 4 is 22.0 Å². The van der Waals surface area contributed by atoms with Gasteiger partial charge in [0, 0.05) is 45.6 Å². The van der Waals surface area contributed by atoms with Crippen LogP contribution < -0.4 is 0 Å². The van der Waals surface area contributed by atoms with Crippen LogP contribution in [0.25, 0.3) is 0 Å². The maximum absolute atomic E-state index is 13.6. The van der Waals surface area contributed by atoms with E-state index in [1.165, 1.54) is 4.31 Å². The summed E-state index contributed by atoms with van der Waals surface area (Å²) in [6.07, 6.45) is 4.89. The van der Waals surface area contributed by atoms with Crippen molar-refractivity contribution in [3.63, 3.8) is 0 Å². The van der Waals surface area contributed by atoms with E-state index in [1.54, 1.807) is 27.7 Å². The minimum atomic E-state index is -3.87. The summed E-state index contributed by atoms with van der Waals surface area (Å²) < 4.78 is 43.0. The van der Waals surface area contributed by atoms with Gasteiger partial charge in [-0.15, -0.1) is 0 Å². The second-order valence-electron chi connectivity index (χ2n) is 9.51. The lowest BCUT2D eigenvalue weighted by Crippen LogP contribution is -2.59. The average molecular weight is 462 g/mol. The molecule has 2 rings (SSSR count). The number of nitrogens with zero attached hydrogens (tertiary/aromatic N) is 1. The van der Waals surface area contributed by atoms with Crippen LogP contribution in [0.15, 0.2) is 0 Å². The molecule has 2 heterocycles. The SMILES string of the molecule is CCOC(=O)CCCCC1CCN(S(=O)(=O)C2(C(=O)OC(C)(C)C)CCOCC2)CC1. The van der Waals surface area contributed by atoms with E-state index in [0.29, 0.717) is 32.0 Å². The molecule has 0 unspecified atom stereocenters. The Morgan fingerprint density at radius 3 is 2.26 bits per heavy atom. The second-order valence-corrected chi connectivity index (χ2v) is 11.8. The molecule has 8 nitrogen and oxygen atoms in total. The number of sulfonamides is 1. The van der Waals surface area contributed by atoms with E-state index in [2.05, 4.69) is 0 Å². The number of hydrogen-bond donors (Lipinski definition) is 0. The van der Waals surface area contributed by atoms with Crippen molar-refractivity contribution in [1.82, 2.24) is 4.31 Å². The predicted molar refractivity (Wildman–Crippen MR) is 117 cm³/mol. The Balaban J connectivity index is 1.95. The molecule has 0 radical (unpaired) electrons. The van der Waals surface area contributed by atoms with Crippen LogP contribution in [0.2, 0.25) is 0 Å². The highest BCUT2D eigenvalue weighted by atomic mass is 32.2. The summed E-state index contributed by atoms with van der Waals surface area (Å²) in [6.45, 7) is 8.74. The van der Waals surface area contributed by atoms with Crippen LogP contribution in [0.1, 0.15) is 79.1 Å². The maximum Gasteiger partial charge on any atom is 0.329 e. The van der Waals surface area contributed by atoms with E-state index < -0.39 is 26.3 Å². The van der Waals surface area contributed by atoms with Gasteiger partial charge in [-0.3, -0.25) is 9.59 Å². The largest absolute Gasteiger partial charge is 0.466 e. The van der Waals surface area contributed by atoms with Gasteiger partial charge >= 0.3 is 11.9 Å². The molecule has 0 atom stereocenters. The smallest absolute Gasteiger partial charge is 0.329 e. The summed E-state index contributed by atoms with van der Waals surface area (Å²) in [5.41, 5.74) is -0.756. The molecule has 2 saturated heterocycles. The van der Waals surface area contributed by atoms with Crippen molar-refractivity contribution in [2.75, 3.05) is 32.9 Å². The molecular weight excluding hydrogens is 422 g/mol. The first-order valence-electron chi connectivity index (χ1n) is 11.5. The highest BCUT2D eigenvalue weighted by molar-refractivity contribution is 7.91. The average Bonchev–Trinajstić information content (AvgIpc) is 2.71. The third-order valence-electron chi connectivity index (χ3n) is 6.03. The molecule has 9 heteroatoms. The van der Waals surface area contributed by atoms with Crippen molar-refractivity contribution in [2.45, 2.75) is 89.4 Å². The van der Waals surface area contributed by atoms with Gasteiger partial charge in [-0.1, -0.05) is 12.8 Å². The fourth-order valence-corrected chi connectivity index (χ4v) is 6.38. The van der Waals surface area contributed by atoms with Gasteiger partial charge in [-0.25, -0.2) is 12.7 Å². The van der Waals surface area contributed by atoms with Crippen molar-refractivity contribution in [1.29, 1.82) is 0 Å². The molecule has 0 aromatic carbocycles. The highest BCUT2D eigenvalue weighted by Crippen LogP contribution is 2.37. The van der Waals surface area contributed by atoms with Crippen LogP contribution in [0.5, 0.6) is 0 Å². The van der Waals surface area contributed by atoms with Crippen LogP contribution in [0.4, 0.5) is 0 Å². The molecule has 0 aliphatic carbocycles. The number of carbonyl (C=O) groups excluding carboxylic acids is 2. The van der Waals surface area contributed by atoms with Gasteiger partial charge in [0.25, 0.3) is 0 Å². The Kier molecular flexibility index (Phi) is 9.33. The molecule has 180 valence electrons. The van der Waals surface area contributed by atoms with Gasteiger partial charge in [0.2, 0.25) is 10.0 Å². The van der Waals surface area contributed by atoms with Crippen LogP contribution in [-0.2, 0) is 33.8 Å². The summed E-state index contributed by atoms with van der Waals surface area (Å²) in [6, 6.07) is 0. The van der Waals surface area contributed by atoms with Crippen LogP contribution in [0, 0.1) is 5.92 Å². The van der Waals surface area contributed by atoms with E-state index >= 15 is 0 Å². The molecule has 0 aromatic heterocycles. The Morgan fingerprint density at radius 2 is 1.71 bits per heavy atom. The van der Waals surface area contributed by atoms with E-state index in [0.717, 1.165) is 32.1 Å². The molecule has 0 N–H and O–H groups in total. The van der Waals surface area contributed by atoms with Crippen LogP contribution in [0.3, 0.4) is 0 Å². The number of hydrogen-bond acceptors (Lipinski definition) is 7. The Labute approximate surface area is 187 Å². The highest BCUT2D eigenvalue weighted by Gasteiger charge is 2.56. The number of esters is 2. The van der Waals surface area contributed by atoms with Crippen molar-refractivity contribution in [2.24, 2.45) is 5.92 Å². The molecule has 2 aliphatic heterocycles. The second kappa shape index (κ2) is 11.1. The third-order valence-corrected chi connectivity index (χ3v) is 8.63. The first-order valence-corrected chi connectivity index (χ1v) is 12.9. The van der Waals surface area contributed by atoms with Gasteiger partial charge in [0.05, 0.1) is 6.61 Å². The topological polar surface area (TPSA) is 99.2 Å². The predicted octanol–water partition coefficient (Wildman–Crippen LogP) is 3.04. The van der Waals surface area contributed by atoms with E-state index in [-0.39, 0.29) is 32.0 Å². The monoisotopic (exact) mass is 461 g/mol. The zero-order valence-electron chi connectivity index (χ0n) is 19.5. The summed E-state index contributed by atoms with van der Waals surface area (Å²) in [4.78, 5) is 24.5. The number of ether oxygens (including phenoxy) is 3. The van der Waals surface area contributed by atoms with Crippen LogP contribution >= 0.6 is 0 Å². The number of rotatable bonds is 9. The molecule has 31 heavy (non-hydrogen) atoms. The normalized spacial score (nSPS) is 20.9. The Hall–Kier alpha value is -1.19. The summed E-state index contributed by atoms with van der Waals surface area (Å²) >= 11 is 0. The number of piperidine rings is 1. The molecular formula is C22H39NO7S. The fourth-order valence-electron chi connectivity index (χ4n) is 4.26. The van der Waals surface area contributed by atoms with Gasteiger partial charge in [0.1, 0.15) is 5.60 Å². The quantitative estimate of drug-likeness (QED) is 0.384. The molecule has 2 fully saturated rings. The molecule has 0 bridgehead atoms. The molecule has 0 aromatic rings. The Bertz CT molecular complexity index is 700. The van der Waals surface area contributed by atoms with Gasteiger partial charge in [-0.05, 0) is 52.9 Å². The lowest BCUT2D eigenvalue weighted by Gasteiger charge is -2.41.